The first kappa shape index (κ1) is 22.5. The van der Waals surface area contributed by atoms with Crippen LogP contribution in [0.15, 0.2) is 84.9 Å². The Morgan fingerprint density at radius 1 is 0.871 bits per heavy atom. The maximum absolute atomic E-state index is 13.4. The number of anilines is 1. The molecular weight excluding hydrogens is 417 g/mol. The molecule has 8 heteroatoms. The maximum Gasteiger partial charge on any atom is 0.304 e. The minimum Gasteiger partial charge on any atom is -0.344 e. The minimum absolute atomic E-state index is 0.196. The van der Waals surface area contributed by atoms with Crippen molar-refractivity contribution in [3.8, 4) is 0 Å². The maximum atomic E-state index is 13.4. The summed E-state index contributed by atoms with van der Waals surface area (Å²) in [5, 5.41) is 2.93. The van der Waals surface area contributed by atoms with E-state index in [2.05, 4.69) is 5.32 Å². The topological polar surface area (TPSA) is 69.7 Å². The molecule has 0 bridgehead atoms. The highest BCUT2D eigenvalue weighted by molar-refractivity contribution is 7.90. The monoisotopic (exact) mass is 441 g/mol. The normalized spacial score (nSPS) is 11.5. The molecule has 3 rings (SSSR count). The zero-order valence-electron chi connectivity index (χ0n) is 17.3. The van der Waals surface area contributed by atoms with Crippen LogP contribution in [0.5, 0.6) is 0 Å². The fourth-order valence-corrected chi connectivity index (χ4v) is 4.16. The standard InChI is InChI=1S/C23H24FN3O3S/c1-26(2)31(29,30)27(21-15-13-20(24)14-16-21)17-22(28)25-23(18-9-5-3-6-10-18)19-11-7-4-8-12-19/h3-16,23H,17H2,1-2H3,(H,25,28). The van der Waals surface area contributed by atoms with Gasteiger partial charge in [0.2, 0.25) is 5.91 Å². The molecule has 0 radical (unpaired) electrons. The highest BCUT2D eigenvalue weighted by Crippen LogP contribution is 2.23. The zero-order chi connectivity index (χ0) is 22.4. The van der Waals surface area contributed by atoms with Gasteiger partial charge in [0.15, 0.2) is 0 Å². The van der Waals surface area contributed by atoms with E-state index < -0.39 is 34.5 Å². The first-order chi connectivity index (χ1) is 14.8. The fourth-order valence-electron chi connectivity index (χ4n) is 3.10. The van der Waals surface area contributed by atoms with Gasteiger partial charge in [0, 0.05) is 14.1 Å². The Balaban J connectivity index is 1.90. The van der Waals surface area contributed by atoms with Crippen LogP contribution in [0.1, 0.15) is 17.2 Å². The minimum atomic E-state index is -3.98. The number of amides is 1. The zero-order valence-corrected chi connectivity index (χ0v) is 18.1. The van der Waals surface area contributed by atoms with Gasteiger partial charge in [-0.1, -0.05) is 60.7 Å². The van der Waals surface area contributed by atoms with Crippen molar-refractivity contribution in [1.82, 2.24) is 9.62 Å². The van der Waals surface area contributed by atoms with Gasteiger partial charge in [-0.05, 0) is 35.4 Å². The van der Waals surface area contributed by atoms with Crippen LogP contribution in [-0.4, -0.2) is 39.3 Å². The number of carbonyl (C=O) groups is 1. The lowest BCUT2D eigenvalue weighted by Gasteiger charge is -2.28. The highest BCUT2D eigenvalue weighted by atomic mass is 32.2. The number of nitrogens with one attached hydrogen (secondary N) is 1. The molecule has 0 aliphatic rings. The van der Waals surface area contributed by atoms with E-state index in [-0.39, 0.29) is 5.69 Å². The van der Waals surface area contributed by atoms with Crippen LogP contribution in [0.4, 0.5) is 10.1 Å². The van der Waals surface area contributed by atoms with Crippen molar-refractivity contribution in [2.24, 2.45) is 0 Å². The summed E-state index contributed by atoms with van der Waals surface area (Å²) in [4.78, 5) is 13.0. The SMILES string of the molecule is CN(C)S(=O)(=O)N(CC(=O)NC(c1ccccc1)c1ccccc1)c1ccc(F)cc1. The van der Waals surface area contributed by atoms with Crippen molar-refractivity contribution in [2.75, 3.05) is 24.9 Å². The van der Waals surface area contributed by atoms with Crippen molar-refractivity contribution in [3.05, 3.63) is 102 Å². The molecule has 0 spiro atoms. The van der Waals surface area contributed by atoms with Crippen LogP contribution in [0.25, 0.3) is 0 Å². The predicted molar refractivity (Wildman–Crippen MR) is 119 cm³/mol. The second kappa shape index (κ2) is 9.72. The lowest BCUT2D eigenvalue weighted by molar-refractivity contribution is -0.120. The van der Waals surface area contributed by atoms with Crippen LogP contribution in [0.3, 0.4) is 0 Å². The summed E-state index contributed by atoms with van der Waals surface area (Å²) in [6.07, 6.45) is 0. The van der Waals surface area contributed by atoms with E-state index in [9.17, 15) is 17.6 Å². The first-order valence-electron chi connectivity index (χ1n) is 9.64. The van der Waals surface area contributed by atoms with Crippen LogP contribution < -0.4 is 9.62 Å². The van der Waals surface area contributed by atoms with Gasteiger partial charge in [0.25, 0.3) is 0 Å². The number of rotatable bonds is 8. The molecule has 0 heterocycles. The Kier molecular flexibility index (Phi) is 7.04. The molecule has 0 fully saturated rings. The van der Waals surface area contributed by atoms with E-state index in [1.54, 1.807) is 0 Å². The second-order valence-electron chi connectivity index (χ2n) is 7.10. The molecule has 0 aromatic heterocycles. The van der Waals surface area contributed by atoms with Crippen LogP contribution >= 0.6 is 0 Å². The highest BCUT2D eigenvalue weighted by Gasteiger charge is 2.28. The van der Waals surface area contributed by atoms with Gasteiger partial charge >= 0.3 is 10.2 Å². The van der Waals surface area contributed by atoms with Crippen LogP contribution in [-0.2, 0) is 15.0 Å². The van der Waals surface area contributed by atoms with Crippen molar-refractivity contribution >= 4 is 21.8 Å². The Morgan fingerprint density at radius 2 is 1.35 bits per heavy atom. The summed E-state index contributed by atoms with van der Waals surface area (Å²) in [5.74, 6) is -0.990. The van der Waals surface area contributed by atoms with Gasteiger partial charge in [-0.2, -0.15) is 12.7 Å². The molecule has 31 heavy (non-hydrogen) atoms. The molecule has 1 N–H and O–H groups in total. The third kappa shape index (κ3) is 5.48. The van der Waals surface area contributed by atoms with Gasteiger partial charge in [-0.25, -0.2) is 8.70 Å². The van der Waals surface area contributed by atoms with Crippen molar-refractivity contribution in [1.29, 1.82) is 0 Å². The number of hydrogen-bond acceptors (Lipinski definition) is 3. The fraction of sp³-hybridized carbons (Fsp3) is 0.174. The molecule has 0 unspecified atom stereocenters. The number of hydrogen-bond donors (Lipinski definition) is 1. The quantitative estimate of drug-likeness (QED) is 0.583. The van der Waals surface area contributed by atoms with Gasteiger partial charge in [-0.3, -0.25) is 4.79 Å². The van der Waals surface area contributed by atoms with E-state index >= 15 is 0 Å². The molecule has 0 saturated carbocycles. The summed E-state index contributed by atoms with van der Waals surface area (Å²) in [6.45, 7) is -0.456. The van der Waals surface area contributed by atoms with E-state index in [1.807, 2.05) is 60.7 Å². The smallest absolute Gasteiger partial charge is 0.304 e. The molecule has 1 amide bonds. The number of halogens is 1. The summed E-state index contributed by atoms with van der Waals surface area (Å²) < 4.78 is 41.0. The van der Waals surface area contributed by atoms with Gasteiger partial charge in [0.05, 0.1) is 11.7 Å². The number of carbonyl (C=O) groups excluding carboxylic acids is 1. The van der Waals surface area contributed by atoms with Crippen molar-refractivity contribution in [3.63, 3.8) is 0 Å². The third-order valence-corrected chi connectivity index (χ3v) is 6.53. The Hall–Kier alpha value is -3.23. The Labute approximate surface area is 182 Å². The van der Waals surface area contributed by atoms with Gasteiger partial charge in [-0.15, -0.1) is 0 Å². The number of nitrogens with zero attached hydrogens (tertiary/aromatic N) is 2. The summed E-state index contributed by atoms with van der Waals surface area (Å²) in [7, 11) is -1.23. The van der Waals surface area contributed by atoms with Crippen molar-refractivity contribution in [2.45, 2.75) is 6.04 Å². The molecule has 0 atom stereocenters. The lowest BCUT2D eigenvalue weighted by Crippen LogP contribution is -2.46. The summed E-state index contributed by atoms with van der Waals surface area (Å²) in [6, 6.07) is 23.4. The average Bonchev–Trinajstić information content (AvgIpc) is 2.77. The molecule has 6 nitrogen and oxygen atoms in total. The third-order valence-electron chi connectivity index (χ3n) is 4.71. The average molecular weight is 442 g/mol. The first-order valence-corrected chi connectivity index (χ1v) is 11.0. The van der Waals surface area contributed by atoms with Crippen LogP contribution in [0, 0.1) is 5.82 Å². The molecule has 0 aliphatic carbocycles. The Morgan fingerprint density at radius 3 is 1.81 bits per heavy atom. The molecule has 3 aromatic rings. The van der Waals surface area contributed by atoms with E-state index in [4.69, 9.17) is 0 Å². The van der Waals surface area contributed by atoms with E-state index in [0.717, 1.165) is 31.9 Å². The second-order valence-corrected chi connectivity index (χ2v) is 9.16. The lowest BCUT2D eigenvalue weighted by atomic mass is 9.99. The molecule has 3 aromatic carbocycles. The van der Waals surface area contributed by atoms with Gasteiger partial charge in [0.1, 0.15) is 12.4 Å². The van der Waals surface area contributed by atoms with Crippen LogP contribution in [0.2, 0.25) is 0 Å². The summed E-state index contributed by atoms with van der Waals surface area (Å²) in [5.41, 5.74) is 1.93. The molecule has 162 valence electrons. The Bertz CT molecular complexity index is 1070. The number of benzene rings is 3. The van der Waals surface area contributed by atoms with Crippen molar-refractivity contribution < 1.29 is 17.6 Å². The molecule has 0 saturated heterocycles. The van der Waals surface area contributed by atoms with E-state index in [0.29, 0.717) is 0 Å². The molecular formula is C23H24FN3O3S. The summed E-state index contributed by atoms with van der Waals surface area (Å²) >= 11 is 0. The molecule has 0 aliphatic heterocycles. The van der Waals surface area contributed by atoms with E-state index in [1.165, 1.54) is 26.2 Å². The largest absolute Gasteiger partial charge is 0.344 e. The van der Waals surface area contributed by atoms with Gasteiger partial charge < -0.3 is 5.32 Å². The predicted octanol–water partition coefficient (Wildman–Crippen LogP) is 3.34.